The number of carbonyl (C=O) groups is 1. The summed E-state index contributed by atoms with van der Waals surface area (Å²) >= 11 is 0. The monoisotopic (exact) mass is 376 g/mol. The highest BCUT2D eigenvalue weighted by Gasteiger charge is 2.30. The number of hydrogen-bond acceptors (Lipinski definition) is 7. The van der Waals surface area contributed by atoms with E-state index >= 15 is 0 Å². The van der Waals surface area contributed by atoms with E-state index in [1.54, 1.807) is 6.08 Å². The maximum atomic E-state index is 12.2. The van der Waals surface area contributed by atoms with Crippen LogP contribution in [0.3, 0.4) is 0 Å². The van der Waals surface area contributed by atoms with Crippen molar-refractivity contribution in [2.45, 2.75) is 31.5 Å². The van der Waals surface area contributed by atoms with Gasteiger partial charge in [0, 0.05) is 18.9 Å². The summed E-state index contributed by atoms with van der Waals surface area (Å²) in [4.78, 5) is 12.2. The maximum Gasteiger partial charge on any atom is 0.373 e. The molecule has 7 heteroatoms. The fourth-order valence-corrected chi connectivity index (χ4v) is 2.92. The third kappa shape index (κ3) is 5.02. The van der Waals surface area contributed by atoms with E-state index in [2.05, 4.69) is 6.58 Å². The maximum absolute atomic E-state index is 12.2. The first-order valence-electron chi connectivity index (χ1n) is 8.99. The van der Waals surface area contributed by atoms with Crippen LogP contribution in [0.25, 0.3) is 0 Å². The normalized spacial score (nSPS) is 20.6. The van der Waals surface area contributed by atoms with Gasteiger partial charge in [0.25, 0.3) is 0 Å². The average Bonchev–Trinajstić information content (AvgIpc) is 3.17. The SMILES string of the molecule is C=CCOC(=O)C1=C[C@@H](c2ccc3c(c2)OCO3)C[C@@H](OCCCCO)O1. The molecule has 1 aromatic carbocycles. The molecule has 0 saturated carbocycles. The number of ether oxygens (including phenoxy) is 5. The van der Waals surface area contributed by atoms with Gasteiger partial charge in [0.1, 0.15) is 6.61 Å². The molecule has 1 aromatic rings. The number of esters is 1. The zero-order valence-corrected chi connectivity index (χ0v) is 15.1. The number of unbranched alkanes of at least 4 members (excludes halogenated alkanes) is 1. The molecule has 0 aromatic heterocycles. The number of fused-ring (bicyclic) bond motifs is 1. The molecular weight excluding hydrogens is 352 g/mol. The van der Waals surface area contributed by atoms with Crippen molar-refractivity contribution in [2.75, 3.05) is 26.6 Å². The molecule has 2 aliphatic rings. The second-order valence-electron chi connectivity index (χ2n) is 6.22. The van der Waals surface area contributed by atoms with Crippen LogP contribution in [0.4, 0.5) is 0 Å². The van der Waals surface area contributed by atoms with Crippen molar-refractivity contribution in [3.05, 3.63) is 48.3 Å². The van der Waals surface area contributed by atoms with Crippen molar-refractivity contribution in [3.63, 3.8) is 0 Å². The summed E-state index contributed by atoms with van der Waals surface area (Å²) in [7, 11) is 0. The van der Waals surface area contributed by atoms with Crippen LogP contribution in [-0.4, -0.2) is 44.0 Å². The Morgan fingerprint density at radius 1 is 1.30 bits per heavy atom. The lowest BCUT2D eigenvalue weighted by Crippen LogP contribution is -2.28. The van der Waals surface area contributed by atoms with Crippen LogP contribution in [0.5, 0.6) is 11.5 Å². The topological polar surface area (TPSA) is 83.5 Å². The van der Waals surface area contributed by atoms with Crippen LogP contribution >= 0.6 is 0 Å². The van der Waals surface area contributed by atoms with Gasteiger partial charge in [0.15, 0.2) is 11.5 Å². The number of benzene rings is 1. The molecule has 0 amide bonds. The van der Waals surface area contributed by atoms with Crippen molar-refractivity contribution in [1.82, 2.24) is 0 Å². The van der Waals surface area contributed by atoms with Gasteiger partial charge < -0.3 is 28.8 Å². The molecule has 2 atom stereocenters. The third-order valence-electron chi connectivity index (χ3n) is 4.27. The highest BCUT2D eigenvalue weighted by atomic mass is 16.7. The molecule has 0 fully saturated rings. The van der Waals surface area contributed by atoms with E-state index in [4.69, 9.17) is 28.8 Å². The molecular formula is C20H24O7. The molecule has 0 saturated heterocycles. The molecule has 2 aliphatic heterocycles. The van der Waals surface area contributed by atoms with E-state index in [-0.39, 0.29) is 31.7 Å². The molecule has 27 heavy (non-hydrogen) atoms. The Balaban J connectivity index is 1.75. The Morgan fingerprint density at radius 2 is 2.15 bits per heavy atom. The van der Waals surface area contributed by atoms with E-state index < -0.39 is 12.3 Å². The Labute approximate surface area is 158 Å². The van der Waals surface area contributed by atoms with E-state index in [0.29, 0.717) is 37.4 Å². The van der Waals surface area contributed by atoms with Gasteiger partial charge in [-0.05, 0) is 36.6 Å². The molecule has 0 radical (unpaired) electrons. The van der Waals surface area contributed by atoms with E-state index in [1.807, 2.05) is 18.2 Å². The smallest absolute Gasteiger partial charge is 0.373 e. The van der Waals surface area contributed by atoms with Crippen LogP contribution in [0.1, 0.15) is 30.7 Å². The molecule has 0 aliphatic carbocycles. The predicted octanol–water partition coefficient (Wildman–Crippen LogP) is 2.65. The molecule has 0 bridgehead atoms. The number of aliphatic hydroxyl groups excluding tert-OH is 1. The predicted molar refractivity (Wildman–Crippen MR) is 96.3 cm³/mol. The second kappa shape index (κ2) is 9.43. The van der Waals surface area contributed by atoms with E-state index in [0.717, 1.165) is 5.56 Å². The zero-order chi connectivity index (χ0) is 19.1. The Hall–Kier alpha value is -2.51. The zero-order valence-electron chi connectivity index (χ0n) is 15.1. The van der Waals surface area contributed by atoms with Crippen molar-refractivity contribution in [1.29, 1.82) is 0 Å². The van der Waals surface area contributed by atoms with Crippen molar-refractivity contribution >= 4 is 5.97 Å². The Kier molecular flexibility index (Phi) is 6.73. The number of aliphatic hydroxyl groups is 1. The third-order valence-corrected chi connectivity index (χ3v) is 4.27. The molecule has 7 nitrogen and oxygen atoms in total. The lowest BCUT2D eigenvalue weighted by Gasteiger charge is -2.29. The molecule has 0 spiro atoms. The van der Waals surface area contributed by atoms with Gasteiger partial charge in [0.2, 0.25) is 18.8 Å². The molecule has 3 rings (SSSR count). The van der Waals surface area contributed by atoms with Crippen LogP contribution in [0.2, 0.25) is 0 Å². The van der Waals surface area contributed by atoms with Gasteiger partial charge in [-0.1, -0.05) is 18.7 Å². The van der Waals surface area contributed by atoms with Gasteiger partial charge in [0.05, 0.1) is 6.61 Å². The van der Waals surface area contributed by atoms with Crippen LogP contribution in [-0.2, 0) is 19.0 Å². The number of hydrogen-bond donors (Lipinski definition) is 1. The van der Waals surface area contributed by atoms with Crippen LogP contribution in [0, 0.1) is 0 Å². The second-order valence-corrected chi connectivity index (χ2v) is 6.22. The minimum absolute atomic E-state index is 0.0950. The van der Waals surface area contributed by atoms with Gasteiger partial charge in [-0.15, -0.1) is 0 Å². The molecule has 1 N–H and O–H groups in total. The Bertz CT molecular complexity index is 698. The number of carbonyl (C=O) groups excluding carboxylic acids is 1. The summed E-state index contributed by atoms with van der Waals surface area (Å²) in [6, 6.07) is 5.70. The first kappa shape index (κ1) is 19.3. The Morgan fingerprint density at radius 3 is 2.96 bits per heavy atom. The van der Waals surface area contributed by atoms with Gasteiger partial charge in [-0.25, -0.2) is 4.79 Å². The van der Waals surface area contributed by atoms with E-state index in [1.165, 1.54) is 6.08 Å². The van der Waals surface area contributed by atoms with Crippen LogP contribution < -0.4 is 9.47 Å². The quantitative estimate of drug-likeness (QED) is 0.403. The highest BCUT2D eigenvalue weighted by Crippen LogP contribution is 2.38. The lowest BCUT2D eigenvalue weighted by atomic mass is 9.92. The summed E-state index contributed by atoms with van der Waals surface area (Å²) in [6.07, 6.45) is 4.59. The van der Waals surface area contributed by atoms with Crippen LogP contribution in [0.15, 0.2) is 42.7 Å². The first-order chi connectivity index (χ1) is 13.2. The van der Waals surface area contributed by atoms with Gasteiger partial charge in [-0.3, -0.25) is 0 Å². The molecule has 146 valence electrons. The molecule has 2 heterocycles. The standard InChI is InChI=1S/C20H24O7/c1-2-8-24-20(22)18-11-15(12-19(27-18)23-9-4-3-7-21)14-5-6-16-17(10-14)26-13-25-16/h2,5-6,10-11,15,19,21H,1,3-4,7-9,12-13H2/t15-,19+/m1/s1. The van der Waals surface area contributed by atoms with Crippen molar-refractivity contribution < 1.29 is 33.6 Å². The highest BCUT2D eigenvalue weighted by molar-refractivity contribution is 5.86. The summed E-state index contributed by atoms with van der Waals surface area (Å²) in [5.41, 5.74) is 0.973. The molecule has 0 unspecified atom stereocenters. The minimum Gasteiger partial charge on any atom is -0.458 e. The summed E-state index contributed by atoms with van der Waals surface area (Å²) in [5.74, 6) is 0.866. The average molecular weight is 376 g/mol. The summed E-state index contributed by atoms with van der Waals surface area (Å²) in [6.45, 7) is 4.41. The van der Waals surface area contributed by atoms with Gasteiger partial charge >= 0.3 is 5.97 Å². The number of allylic oxidation sites excluding steroid dienone is 1. The van der Waals surface area contributed by atoms with Crippen molar-refractivity contribution in [2.24, 2.45) is 0 Å². The fourth-order valence-electron chi connectivity index (χ4n) is 2.92. The van der Waals surface area contributed by atoms with E-state index in [9.17, 15) is 4.79 Å². The first-order valence-corrected chi connectivity index (χ1v) is 8.99. The summed E-state index contributed by atoms with van der Waals surface area (Å²) in [5, 5.41) is 8.88. The fraction of sp³-hybridized carbons (Fsp3) is 0.450. The lowest BCUT2D eigenvalue weighted by molar-refractivity contribution is -0.160. The summed E-state index contributed by atoms with van der Waals surface area (Å²) < 4.78 is 27.3. The van der Waals surface area contributed by atoms with Crippen molar-refractivity contribution in [3.8, 4) is 11.5 Å². The minimum atomic E-state index is -0.574. The van der Waals surface area contributed by atoms with Gasteiger partial charge in [-0.2, -0.15) is 0 Å². The number of rotatable bonds is 9. The largest absolute Gasteiger partial charge is 0.458 e.